The molecule has 0 aliphatic heterocycles. The van der Waals surface area contributed by atoms with Gasteiger partial charge in [0.05, 0.1) is 6.61 Å². The van der Waals surface area contributed by atoms with Crippen LogP contribution in [0, 0.1) is 0 Å². The van der Waals surface area contributed by atoms with E-state index in [1.165, 1.54) is 186 Å². The maximum atomic E-state index is 12.3. The minimum atomic E-state index is -0.769. The van der Waals surface area contributed by atoms with Crippen LogP contribution < -0.4 is 0 Å². The van der Waals surface area contributed by atoms with Crippen molar-refractivity contribution in [2.75, 3.05) is 13.2 Å². The zero-order chi connectivity index (χ0) is 46.3. The fraction of sp³-hybridized carbons (Fsp3) is 0.797. The number of unbranched alkanes of at least 4 members (excludes halogenated alkanes) is 33. The number of allylic oxidation sites excluding steroid dienone is 10. The third-order valence-electron chi connectivity index (χ3n) is 12.3. The summed E-state index contributed by atoms with van der Waals surface area (Å²) in [7, 11) is 0. The van der Waals surface area contributed by atoms with Crippen LogP contribution in [0.2, 0.25) is 0 Å². The van der Waals surface area contributed by atoms with Crippen molar-refractivity contribution in [3.63, 3.8) is 0 Å². The maximum Gasteiger partial charge on any atom is 0.306 e. The zero-order valence-corrected chi connectivity index (χ0v) is 42.5. The van der Waals surface area contributed by atoms with Gasteiger partial charge < -0.3 is 14.6 Å². The first-order chi connectivity index (χ1) is 31.6. The summed E-state index contributed by atoms with van der Waals surface area (Å²) < 4.78 is 10.7. The zero-order valence-electron chi connectivity index (χ0n) is 42.5. The van der Waals surface area contributed by atoms with Crippen molar-refractivity contribution in [2.45, 2.75) is 290 Å². The summed E-state index contributed by atoms with van der Waals surface area (Å²) in [5.74, 6) is -0.576. The SMILES string of the molecule is CC/C=C\C/C=C\C/C=C\C/C=C\C/C=C\CCCCCCCCCCCCCCCCCCCCCC(=O)OC(CO)COC(=O)CCCCCCCCCCCCCCCCC. The molecule has 1 unspecified atom stereocenters. The molecule has 0 fully saturated rings. The number of carbonyl (C=O) groups is 2. The number of aliphatic hydroxyl groups excluding tert-OH is 1. The second kappa shape index (κ2) is 54.9. The highest BCUT2D eigenvalue weighted by Gasteiger charge is 2.16. The predicted molar refractivity (Wildman–Crippen MR) is 279 cm³/mol. The van der Waals surface area contributed by atoms with Gasteiger partial charge in [0.1, 0.15) is 6.61 Å². The van der Waals surface area contributed by atoms with E-state index in [0.29, 0.717) is 12.8 Å². The minimum Gasteiger partial charge on any atom is -0.462 e. The number of hydrogen-bond donors (Lipinski definition) is 1. The van der Waals surface area contributed by atoms with Crippen LogP contribution in [-0.4, -0.2) is 36.4 Å². The van der Waals surface area contributed by atoms with Gasteiger partial charge in [-0.1, -0.05) is 274 Å². The number of esters is 2. The third kappa shape index (κ3) is 52.2. The standard InChI is InChI=1S/C59H106O5/c1-3-5-7-9-11-13-15-17-19-20-21-22-23-24-25-26-27-28-29-30-31-32-33-34-35-36-37-38-40-42-44-46-48-50-52-54-59(62)64-57(55-60)56-63-58(61)53-51-49-47-45-43-41-39-18-16-14-12-10-8-6-4-2/h5,7,11,13,17,19,21-22,24-25,57,60H,3-4,6,8-10,12,14-16,18,20,23,26-56H2,1-2H3/b7-5-,13-11-,19-17-,22-21-,25-24-. The molecule has 0 aromatic heterocycles. The average molecular weight is 895 g/mol. The van der Waals surface area contributed by atoms with Gasteiger partial charge >= 0.3 is 11.9 Å². The Morgan fingerprint density at radius 3 is 1.02 bits per heavy atom. The Morgan fingerprint density at radius 1 is 0.375 bits per heavy atom. The van der Waals surface area contributed by atoms with E-state index in [1.807, 2.05) is 0 Å². The molecular formula is C59H106O5. The quantitative estimate of drug-likeness (QED) is 0.0374. The highest BCUT2D eigenvalue weighted by molar-refractivity contribution is 5.70. The van der Waals surface area contributed by atoms with Gasteiger partial charge in [0.2, 0.25) is 0 Å². The summed E-state index contributed by atoms with van der Waals surface area (Å²) in [6, 6.07) is 0. The first-order valence-corrected chi connectivity index (χ1v) is 27.8. The Kier molecular flexibility index (Phi) is 52.9. The second-order valence-electron chi connectivity index (χ2n) is 18.6. The topological polar surface area (TPSA) is 72.8 Å². The van der Waals surface area contributed by atoms with Crippen LogP contribution in [0.4, 0.5) is 0 Å². The molecule has 64 heavy (non-hydrogen) atoms. The van der Waals surface area contributed by atoms with Crippen LogP contribution in [0.15, 0.2) is 60.8 Å². The van der Waals surface area contributed by atoms with Gasteiger partial charge in [-0.25, -0.2) is 0 Å². The number of aliphatic hydroxyl groups is 1. The molecule has 0 bridgehead atoms. The lowest BCUT2D eigenvalue weighted by Gasteiger charge is -2.15. The molecule has 0 saturated carbocycles. The summed E-state index contributed by atoms with van der Waals surface area (Å²) in [4.78, 5) is 24.4. The van der Waals surface area contributed by atoms with Crippen LogP contribution in [0.5, 0.6) is 0 Å². The van der Waals surface area contributed by atoms with E-state index >= 15 is 0 Å². The Labute approximate surface area is 398 Å². The number of ether oxygens (including phenoxy) is 2. The molecule has 5 nitrogen and oxygen atoms in total. The molecule has 0 aromatic rings. The first kappa shape index (κ1) is 61.6. The Balaban J connectivity index is 3.43. The molecule has 0 aliphatic carbocycles. The van der Waals surface area contributed by atoms with E-state index in [9.17, 15) is 14.7 Å². The Hall–Kier alpha value is -2.40. The first-order valence-electron chi connectivity index (χ1n) is 27.8. The van der Waals surface area contributed by atoms with Crippen molar-refractivity contribution in [3.8, 4) is 0 Å². The normalized spacial score (nSPS) is 12.6. The van der Waals surface area contributed by atoms with E-state index in [2.05, 4.69) is 74.6 Å². The van der Waals surface area contributed by atoms with Crippen LogP contribution in [0.1, 0.15) is 284 Å². The fourth-order valence-electron chi connectivity index (χ4n) is 8.17. The molecule has 0 amide bonds. The van der Waals surface area contributed by atoms with Crippen LogP contribution in [-0.2, 0) is 19.1 Å². The molecule has 1 N–H and O–H groups in total. The largest absolute Gasteiger partial charge is 0.462 e. The van der Waals surface area contributed by atoms with Gasteiger partial charge in [-0.3, -0.25) is 9.59 Å². The summed E-state index contributed by atoms with van der Waals surface area (Å²) in [5.41, 5.74) is 0. The molecular weight excluding hydrogens is 789 g/mol. The Morgan fingerprint density at radius 2 is 0.672 bits per heavy atom. The lowest BCUT2D eigenvalue weighted by atomic mass is 10.0. The summed E-state index contributed by atoms with van der Waals surface area (Å²) in [6.07, 6.45) is 73.4. The third-order valence-corrected chi connectivity index (χ3v) is 12.3. The summed E-state index contributed by atoms with van der Waals surface area (Å²) >= 11 is 0. The lowest BCUT2D eigenvalue weighted by Crippen LogP contribution is -2.28. The molecule has 0 saturated heterocycles. The maximum absolute atomic E-state index is 12.3. The van der Waals surface area contributed by atoms with Gasteiger partial charge in [-0.15, -0.1) is 0 Å². The fourth-order valence-corrected chi connectivity index (χ4v) is 8.17. The second-order valence-corrected chi connectivity index (χ2v) is 18.6. The molecule has 372 valence electrons. The molecule has 5 heteroatoms. The van der Waals surface area contributed by atoms with Gasteiger partial charge in [0, 0.05) is 12.8 Å². The molecule has 0 spiro atoms. The van der Waals surface area contributed by atoms with Crippen molar-refractivity contribution in [3.05, 3.63) is 60.8 Å². The van der Waals surface area contributed by atoms with Gasteiger partial charge in [-0.2, -0.15) is 0 Å². The Bertz CT molecular complexity index is 1100. The van der Waals surface area contributed by atoms with Crippen LogP contribution in [0.25, 0.3) is 0 Å². The van der Waals surface area contributed by atoms with Crippen molar-refractivity contribution >= 4 is 11.9 Å². The lowest BCUT2D eigenvalue weighted by molar-refractivity contribution is -0.161. The highest BCUT2D eigenvalue weighted by Crippen LogP contribution is 2.17. The minimum absolute atomic E-state index is 0.0610. The molecule has 0 radical (unpaired) electrons. The van der Waals surface area contributed by atoms with E-state index < -0.39 is 6.10 Å². The van der Waals surface area contributed by atoms with Gasteiger partial charge in [0.15, 0.2) is 6.10 Å². The smallest absolute Gasteiger partial charge is 0.306 e. The molecule has 0 aliphatic rings. The van der Waals surface area contributed by atoms with Crippen molar-refractivity contribution in [1.82, 2.24) is 0 Å². The molecule has 0 aromatic carbocycles. The summed E-state index contributed by atoms with van der Waals surface area (Å²) in [6.45, 7) is 4.06. The highest BCUT2D eigenvalue weighted by atomic mass is 16.6. The average Bonchev–Trinajstić information content (AvgIpc) is 3.30. The van der Waals surface area contributed by atoms with Crippen molar-refractivity contribution in [2.24, 2.45) is 0 Å². The van der Waals surface area contributed by atoms with Gasteiger partial charge in [0.25, 0.3) is 0 Å². The van der Waals surface area contributed by atoms with E-state index in [-0.39, 0.29) is 25.2 Å². The van der Waals surface area contributed by atoms with E-state index in [1.54, 1.807) is 0 Å². The van der Waals surface area contributed by atoms with Crippen LogP contribution >= 0.6 is 0 Å². The van der Waals surface area contributed by atoms with Crippen molar-refractivity contribution in [1.29, 1.82) is 0 Å². The van der Waals surface area contributed by atoms with Gasteiger partial charge in [-0.05, 0) is 57.8 Å². The molecule has 1 atom stereocenters. The van der Waals surface area contributed by atoms with Crippen LogP contribution in [0.3, 0.4) is 0 Å². The predicted octanol–water partition coefficient (Wildman–Crippen LogP) is 18.6. The molecule has 0 rings (SSSR count). The summed E-state index contributed by atoms with van der Waals surface area (Å²) in [5, 5.41) is 9.63. The number of carbonyl (C=O) groups excluding carboxylic acids is 2. The van der Waals surface area contributed by atoms with E-state index in [4.69, 9.17) is 9.47 Å². The number of hydrogen-bond acceptors (Lipinski definition) is 5. The van der Waals surface area contributed by atoms with Crippen molar-refractivity contribution < 1.29 is 24.2 Å². The van der Waals surface area contributed by atoms with E-state index in [0.717, 1.165) is 70.6 Å². The molecule has 0 heterocycles. The monoisotopic (exact) mass is 895 g/mol. The number of rotatable bonds is 51.